The third kappa shape index (κ3) is 11.1. The molecule has 0 aliphatic carbocycles. The quantitative estimate of drug-likeness (QED) is 0.424. The van der Waals surface area contributed by atoms with Crippen molar-refractivity contribution >= 4 is 0 Å². The number of hydrogen-bond donors (Lipinski definition) is 0. The molecule has 0 saturated heterocycles. The maximum absolute atomic E-state index is 6.28. The zero-order valence-corrected chi connectivity index (χ0v) is 21.4. The van der Waals surface area contributed by atoms with E-state index in [2.05, 4.69) is 107 Å². The highest BCUT2D eigenvalue weighted by molar-refractivity contribution is 5.30. The third-order valence-electron chi connectivity index (χ3n) is 4.89. The summed E-state index contributed by atoms with van der Waals surface area (Å²) >= 11 is 0. The highest BCUT2D eigenvalue weighted by Gasteiger charge is 2.30. The second kappa shape index (κ2) is 9.41. The third-order valence-corrected chi connectivity index (χ3v) is 4.89. The Kier molecular flexibility index (Phi) is 8.45. The number of ether oxygens (including phenoxy) is 2. The molecule has 0 bridgehead atoms. The van der Waals surface area contributed by atoms with E-state index in [-0.39, 0.29) is 22.5 Å². The molecule has 0 N–H and O–H groups in total. The Bertz CT molecular complexity index is 600. The molecule has 0 radical (unpaired) electrons. The number of hydrogen-bond acceptors (Lipinski definition) is 2. The molecule has 0 aliphatic heterocycles. The number of rotatable bonds is 7. The Labute approximate surface area is 181 Å². The molecule has 0 aromatic heterocycles. The fourth-order valence-electron chi connectivity index (χ4n) is 3.44. The highest BCUT2D eigenvalue weighted by Crippen LogP contribution is 2.43. The van der Waals surface area contributed by atoms with Gasteiger partial charge >= 0.3 is 0 Å². The summed E-state index contributed by atoms with van der Waals surface area (Å²) < 4.78 is 12.4. The van der Waals surface area contributed by atoms with Crippen molar-refractivity contribution in [3.05, 3.63) is 29.8 Å². The summed E-state index contributed by atoms with van der Waals surface area (Å²) in [5, 5.41) is 0. The van der Waals surface area contributed by atoms with Gasteiger partial charge in [0.2, 0.25) is 0 Å². The Morgan fingerprint density at radius 3 is 1.52 bits per heavy atom. The normalized spacial score (nSPS) is 15.9. The molecule has 2 unspecified atom stereocenters. The fourth-order valence-corrected chi connectivity index (χ4v) is 3.44. The van der Waals surface area contributed by atoms with Crippen LogP contribution in [0.2, 0.25) is 0 Å². The Hall–Kier alpha value is -1.02. The first-order valence-corrected chi connectivity index (χ1v) is 11.2. The molecule has 1 rings (SSSR count). The molecule has 0 saturated carbocycles. The summed E-state index contributed by atoms with van der Waals surface area (Å²) in [6.07, 6.45) is 1.80. The zero-order chi connectivity index (χ0) is 22.7. The topological polar surface area (TPSA) is 18.5 Å². The summed E-state index contributed by atoms with van der Waals surface area (Å²) in [6, 6.07) is 8.73. The van der Waals surface area contributed by atoms with Crippen LogP contribution in [-0.4, -0.2) is 12.9 Å². The van der Waals surface area contributed by atoms with E-state index in [1.807, 2.05) is 0 Å². The molecule has 29 heavy (non-hydrogen) atoms. The molecule has 0 heterocycles. The average molecular weight is 405 g/mol. The van der Waals surface area contributed by atoms with E-state index < -0.39 is 0 Å². The molecule has 1 aromatic carbocycles. The summed E-state index contributed by atoms with van der Waals surface area (Å²) in [5.41, 5.74) is 2.18. The van der Waals surface area contributed by atoms with Gasteiger partial charge in [-0.05, 0) is 51.7 Å². The van der Waals surface area contributed by atoms with Crippen molar-refractivity contribution in [2.45, 2.75) is 108 Å². The molecular weight excluding hydrogens is 356 g/mol. The van der Waals surface area contributed by atoms with Crippen molar-refractivity contribution in [2.24, 2.45) is 21.7 Å². The Morgan fingerprint density at radius 2 is 1.14 bits per heavy atom. The molecule has 0 aliphatic rings. The van der Waals surface area contributed by atoms with Crippen LogP contribution in [0.25, 0.3) is 0 Å². The van der Waals surface area contributed by atoms with E-state index in [1.165, 1.54) is 5.56 Å². The number of benzene rings is 1. The van der Waals surface area contributed by atoms with Gasteiger partial charge in [0.1, 0.15) is 5.75 Å². The van der Waals surface area contributed by atoms with Crippen LogP contribution in [0.4, 0.5) is 0 Å². The van der Waals surface area contributed by atoms with Gasteiger partial charge in [0, 0.05) is 6.42 Å². The van der Waals surface area contributed by atoms with E-state index in [9.17, 15) is 0 Å². The van der Waals surface area contributed by atoms with Crippen molar-refractivity contribution in [2.75, 3.05) is 6.61 Å². The van der Waals surface area contributed by atoms with Gasteiger partial charge in [-0.1, -0.05) is 95.2 Å². The van der Waals surface area contributed by atoms with Crippen LogP contribution in [0.15, 0.2) is 24.3 Å². The minimum Gasteiger partial charge on any atom is -0.465 e. The van der Waals surface area contributed by atoms with Crippen molar-refractivity contribution in [1.82, 2.24) is 0 Å². The van der Waals surface area contributed by atoms with Gasteiger partial charge in [-0.15, -0.1) is 0 Å². The standard InChI is InChI=1S/C27H48O2/c1-24(2,3)17-22(27(10,11)12)20-13-15-21(16-14-20)29-23(18-25(4,5)6)28-19-26(7,8)9/h13-16,22-23H,17-19H2,1-12H3. The molecule has 0 amide bonds. The molecule has 2 heteroatoms. The van der Waals surface area contributed by atoms with Gasteiger partial charge in [0.15, 0.2) is 6.29 Å². The first-order chi connectivity index (χ1) is 12.9. The smallest absolute Gasteiger partial charge is 0.200 e. The van der Waals surface area contributed by atoms with Crippen LogP contribution in [-0.2, 0) is 4.74 Å². The van der Waals surface area contributed by atoms with Crippen molar-refractivity contribution in [3.8, 4) is 5.75 Å². The monoisotopic (exact) mass is 404 g/mol. The predicted octanol–water partition coefficient (Wildman–Crippen LogP) is 8.46. The van der Waals surface area contributed by atoms with Crippen molar-refractivity contribution in [3.63, 3.8) is 0 Å². The van der Waals surface area contributed by atoms with E-state index in [0.717, 1.165) is 18.6 Å². The summed E-state index contributed by atoms with van der Waals surface area (Å²) in [6.45, 7) is 28.0. The Balaban J connectivity index is 2.98. The van der Waals surface area contributed by atoms with E-state index in [0.29, 0.717) is 17.9 Å². The van der Waals surface area contributed by atoms with Crippen LogP contribution >= 0.6 is 0 Å². The molecule has 2 nitrogen and oxygen atoms in total. The van der Waals surface area contributed by atoms with Crippen molar-refractivity contribution < 1.29 is 9.47 Å². The second-order valence-corrected chi connectivity index (χ2v) is 13.4. The Morgan fingerprint density at radius 1 is 0.655 bits per heavy atom. The summed E-state index contributed by atoms with van der Waals surface area (Å²) in [5.74, 6) is 1.40. The average Bonchev–Trinajstić information content (AvgIpc) is 2.47. The van der Waals surface area contributed by atoms with Crippen LogP contribution in [0, 0.1) is 21.7 Å². The maximum Gasteiger partial charge on any atom is 0.200 e. The van der Waals surface area contributed by atoms with Gasteiger partial charge in [0.25, 0.3) is 0 Å². The van der Waals surface area contributed by atoms with Gasteiger partial charge in [-0.3, -0.25) is 0 Å². The summed E-state index contributed by atoms with van der Waals surface area (Å²) in [4.78, 5) is 0. The first-order valence-electron chi connectivity index (χ1n) is 11.2. The van der Waals surface area contributed by atoms with Crippen LogP contribution in [0.1, 0.15) is 107 Å². The highest BCUT2D eigenvalue weighted by atomic mass is 16.7. The first kappa shape index (κ1) is 26.0. The van der Waals surface area contributed by atoms with Crippen LogP contribution < -0.4 is 4.74 Å². The molecule has 0 spiro atoms. The predicted molar refractivity (Wildman–Crippen MR) is 127 cm³/mol. The lowest BCUT2D eigenvalue weighted by Crippen LogP contribution is -2.30. The lowest BCUT2D eigenvalue weighted by Gasteiger charge is -2.36. The van der Waals surface area contributed by atoms with Crippen molar-refractivity contribution in [1.29, 1.82) is 0 Å². The largest absolute Gasteiger partial charge is 0.465 e. The molecular formula is C27H48O2. The van der Waals surface area contributed by atoms with Gasteiger partial charge in [-0.2, -0.15) is 0 Å². The zero-order valence-electron chi connectivity index (χ0n) is 21.4. The van der Waals surface area contributed by atoms with E-state index in [1.54, 1.807) is 0 Å². The minimum absolute atomic E-state index is 0.121. The maximum atomic E-state index is 6.28. The van der Waals surface area contributed by atoms with E-state index >= 15 is 0 Å². The minimum atomic E-state index is -0.229. The van der Waals surface area contributed by atoms with Crippen LogP contribution in [0.3, 0.4) is 0 Å². The molecule has 1 aromatic rings. The van der Waals surface area contributed by atoms with Gasteiger partial charge in [-0.25, -0.2) is 0 Å². The SMILES string of the molecule is CC(C)(C)COC(CC(C)(C)C)Oc1ccc(C(CC(C)(C)C)C(C)(C)C)cc1. The fraction of sp³-hybridized carbons (Fsp3) is 0.778. The molecule has 2 atom stereocenters. The lowest BCUT2D eigenvalue weighted by atomic mass is 9.69. The van der Waals surface area contributed by atoms with Gasteiger partial charge in [0.05, 0.1) is 6.61 Å². The van der Waals surface area contributed by atoms with Gasteiger partial charge < -0.3 is 9.47 Å². The molecule has 168 valence electrons. The summed E-state index contributed by atoms with van der Waals surface area (Å²) in [7, 11) is 0. The lowest BCUT2D eigenvalue weighted by molar-refractivity contribution is -0.118. The van der Waals surface area contributed by atoms with E-state index in [4.69, 9.17) is 9.47 Å². The molecule has 0 fully saturated rings. The van der Waals surface area contributed by atoms with Crippen LogP contribution in [0.5, 0.6) is 5.75 Å². The second-order valence-electron chi connectivity index (χ2n) is 13.4.